The normalized spacial score (nSPS) is 30.2. The maximum Gasteiger partial charge on any atom is 0.211 e. The Morgan fingerprint density at radius 2 is 1.57 bits per heavy atom. The third-order valence-corrected chi connectivity index (χ3v) is 6.75. The Kier molecular flexibility index (Phi) is 5.12. The molecule has 1 saturated carbocycles. The molecule has 0 bridgehead atoms. The fourth-order valence-corrected chi connectivity index (χ4v) is 4.47. The van der Waals surface area contributed by atoms with Gasteiger partial charge in [0.25, 0.3) is 0 Å². The number of fused-ring (bicyclic) bond motifs is 1. The van der Waals surface area contributed by atoms with Gasteiger partial charge in [-0.2, -0.15) is 4.31 Å². The second-order valence-corrected chi connectivity index (χ2v) is 10.0. The van der Waals surface area contributed by atoms with Crippen LogP contribution in [0.1, 0.15) is 19.3 Å². The van der Waals surface area contributed by atoms with E-state index in [0.717, 1.165) is 31.8 Å². The van der Waals surface area contributed by atoms with Crippen molar-refractivity contribution in [3.63, 3.8) is 0 Å². The molecule has 3 rings (SSSR count). The summed E-state index contributed by atoms with van der Waals surface area (Å²) in [6.07, 6.45) is 9.60. The van der Waals surface area contributed by atoms with E-state index in [2.05, 4.69) is 0 Å². The molecule has 0 spiro atoms. The highest BCUT2D eigenvalue weighted by molar-refractivity contribution is 7.88. The molecule has 0 radical (unpaired) electrons. The fraction of sp³-hybridized carbons (Fsp3) is 0.846. The summed E-state index contributed by atoms with van der Waals surface area (Å²) in [5, 5.41) is 0. The van der Waals surface area contributed by atoms with Gasteiger partial charge in [0, 0.05) is 26.2 Å². The maximum atomic E-state index is 11.1. The highest BCUT2D eigenvalue weighted by atomic mass is 32.2. The Morgan fingerprint density at radius 1 is 0.905 bits per heavy atom. The number of hydrogen-bond donors (Lipinski definition) is 0. The van der Waals surface area contributed by atoms with Gasteiger partial charge >= 0.3 is 0 Å². The van der Waals surface area contributed by atoms with Crippen molar-refractivity contribution >= 4 is 20.0 Å². The molecule has 2 fully saturated rings. The molecule has 3 aliphatic rings. The molecule has 122 valence electrons. The van der Waals surface area contributed by atoms with Crippen LogP contribution in [0.4, 0.5) is 0 Å². The molecule has 6 nitrogen and oxygen atoms in total. The maximum absolute atomic E-state index is 11.1. The van der Waals surface area contributed by atoms with E-state index >= 15 is 0 Å². The lowest BCUT2D eigenvalue weighted by Crippen LogP contribution is -2.35. The van der Waals surface area contributed by atoms with Gasteiger partial charge in [0.15, 0.2) is 0 Å². The molecule has 1 saturated heterocycles. The molecule has 0 aromatic rings. The first kappa shape index (κ1) is 16.9. The lowest BCUT2D eigenvalue weighted by Gasteiger charge is -2.23. The van der Waals surface area contributed by atoms with Gasteiger partial charge in [0.1, 0.15) is 0 Å². The summed E-state index contributed by atoms with van der Waals surface area (Å²) in [7, 11) is -5.84. The number of hydrogen-bond acceptors (Lipinski definition) is 4. The third-order valence-electron chi connectivity index (χ3n) is 4.22. The summed E-state index contributed by atoms with van der Waals surface area (Å²) in [6, 6.07) is 0. The van der Waals surface area contributed by atoms with Crippen LogP contribution in [0.5, 0.6) is 0 Å². The Balaban J connectivity index is 0.000000155. The van der Waals surface area contributed by atoms with Crippen molar-refractivity contribution in [1.29, 1.82) is 0 Å². The second-order valence-electron chi connectivity index (χ2n) is 6.05. The molecule has 1 aliphatic carbocycles. The first-order valence-electron chi connectivity index (χ1n) is 7.23. The van der Waals surface area contributed by atoms with Crippen LogP contribution in [-0.4, -0.2) is 64.1 Å². The Morgan fingerprint density at radius 3 is 2.00 bits per heavy atom. The summed E-state index contributed by atoms with van der Waals surface area (Å²) in [5.41, 5.74) is 0. The van der Waals surface area contributed by atoms with Crippen LogP contribution < -0.4 is 0 Å². The SMILES string of the molecule is CS(=O)(=O)N1CC=CCC1.CS(=O)(=O)N1CC[C@H]2C[C@H]2C1. The van der Waals surface area contributed by atoms with Crippen LogP contribution in [0.25, 0.3) is 0 Å². The van der Waals surface area contributed by atoms with Crippen molar-refractivity contribution in [1.82, 2.24) is 8.61 Å². The minimum atomic E-state index is -2.94. The molecule has 0 unspecified atom stereocenters. The van der Waals surface area contributed by atoms with Crippen molar-refractivity contribution in [2.45, 2.75) is 19.3 Å². The largest absolute Gasteiger partial charge is 0.213 e. The average Bonchev–Trinajstić information content (AvgIpc) is 3.16. The highest BCUT2D eigenvalue weighted by Gasteiger charge is 2.43. The van der Waals surface area contributed by atoms with Gasteiger partial charge < -0.3 is 0 Å². The zero-order valence-corrected chi connectivity index (χ0v) is 14.2. The lowest BCUT2D eigenvalue weighted by atomic mass is 10.2. The van der Waals surface area contributed by atoms with Crippen molar-refractivity contribution in [3.05, 3.63) is 12.2 Å². The summed E-state index contributed by atoms with van der Waals surface area (Å²) >= 11 is 0. The van der Waals surface area contributed by atoms with Gasteiger partial charge in [-0.3, -0.25) is 0 Å². The minimum absolute atomic E-state index is 0.541. The summed E-state index contributed by atoms with van der Waals surface area (Å²) in [4.78, 5) is 0. The van der Waals surface area contributed by atoms with Gasteiger partial charge in [-0.15, -0.1) is 0 Å². The van der Waals surface area contributed by atoms with Crippen LogP contribution in [0.2, 0.25) is 0 Å². The van der Waals surface area contributed by atoms with Crippen molar-refractivity contribution < 1.29 is 16.8 Å². The van der Waals surface area contributed by atoms with Gasteiger partial charge in [-0.05, 0) is 31.1 Å². The zero-order chi connectivity index (χ0) is 15.7. The fourth-order valence-electron chi connectivity index (χ4n) is 2.77. The Bertz CT molecular complexity index is 598. The van der Waals surface area contributed by atoms with Crippen LogP contribution in [0, 0.1) is 11.8 Å². The molecule has 0 N–H and O–H groups in total. The van der Waals surface area contributed by atoms with Crippen LogP contribution in [0.3, 0.4) is 0 Å². The number of nitrogens with zero attached hydrogens (tertiary/aromatic N) is 2. The Labute approximate surface area is 127 Å². The second kappa shape index (κ2) is 6.36. The molecule has 2 heterocycles. The predicted octanol–water partition coefficient (Wildman–Crippen LogP) is 0.496. The van der Waals surface area contributed by atoms with Crippen molar-refractivity contribution in [3.8, 4) is 0 Å². The predicted molar refractivity (Wildman–Crippen MR) is 82.8 cm³/mol. The Hall–Kier alpha value is -0.440. The first-order valence-corrected chi connectivity index (χ1v) is 10.9. The van der Waals surface area contributed by atoms with E-state index in [0.29, 0.717) is 19.0 Å². The minimum Gasteiger partial charge on any atom is -0.213 e. The molecular formula is C13H24N2O4S2. The number of rotatable bonds is 2. The molecule has 0 aromatic heterocycles. The summed E-state index contributed by atoms with van der Waals surface area (Å²) in [5.74, 6) is 1.55. The number of piperidine rings is 1. The van der Waals surface area contributed by atoms with E-state index in [1.54, 1.807) is 4.31 Å². The van der Waals surface area contributed by atoms with Crippen molar-refractivity contribution in [2.75, 3.05) is 38.7 Å². The first-order chi connectivity index (χ1) is 9.68. The molecular weight excluding hydrogens is 312 g/mol. The van der Waals surface area contributed by atoms with E-state index in [-0.39, 0.29) is 0 Å². The van der Waals surface area contributed by atoms with Crippen LogP contribution in [-0.2, 0) is 20.0 Å². The van der Waals surface area contributed by atoms with Crippen LogP contribution in [0.15, 0.2) is 12.2 Å². The standard InChI is InChI=1S/C7H13NO2S.C6H11NO2S/c1-11(9,10)8-3-2-6-4-7(6)5-8;1-10(8,9)7-5-3-2-4-6-7/h6-7H,2-5H2,1H3;2-3H,4-6H2,1H3/t6-,7-;/m0./s1. The molecule has 0 amide bonds. The van der Waals surface area contributed by atoms with E-state index in [1.807, 2.05) is 12.2 Å². The van der Waals surface area contributed by atoms with Gasteiger partial charge in [0.05, 0.1) is 12.5 Å². The quantitative estimate of drug-likeness (QED) is 0.688. The summed E-state index contributed by atoms with van der Waals surface area (Å²) in [6.45, 7) is 2.71. The number of sulfonamides is 2. The molecule has 2 aliphatic heterocycles. The van der Waals surface area contributed by atoms with E-state index in [9.17, 15) is 16.8 Å². The van der Waals surface area contributed by atoms with E-state index in [4.69, 9.17) is 0 Å². The zero-order valence-electron chi connectivity index (χ0n) is 12.6. The lowest BCUT2D eigenvalue weighted by molar-refractivity contribution is 0.336. The van der Waals surface area contributed by atoms with E-state index in [1.165, 1.54) is 23.2 Å². The third kappa shape index (κ3) is 5.05. The monoisotopic (exact) mass is 336 g/mol. The van der Waals surface area contributed by atoms with Gasteiger partial charge in [-0.1, -0.05) is 12.2 Å². The molecule has 21 heavy (non-hydrogen) atoms. The van der Waals surface area contributed by atoms with Gasteiger partial charge in [0.2, 0.25) is 20.0 Å². The molecule has 0 aromatic carbocycles. The van der Waals surface area contributed by atoms with Crippen LogP contribution >= 0.6 is 0 Å². The average molecular weight is 336 g/mol. The topological polar surface area (TPSA) is 74.8 Å². The van der Waals surface area contributed by atoms with E-state index < -0.39 is 20.0 Å². The van der Waals surface area contributed by atoms with Crippen molar-refractivity contribution in [2.24, 2.45) is 11.8 Å². The van der Waals surface area contributed by atoms with Gasteiger partial charge in [-0.25, -0.2) is 21.1 Å². The molecule has 8 heteroatoms. The highest BCUT2D eigenvalue weighted by Crippen LogP contribution is 2.45. The molecule has 2 atom stereocenters. The summed E-state index contributed by atoms with van der Waals surface area (Å²) < 4.78 is 47.0. The smallest absolute Gasteiger partial charge is 0.211 e.